The van der Waals surface area contributed by atoms with Crippen LogP contribution >= 0.6 is 23.7 Å². The molecule has 2 N–H and O–H groups in total. The molecule has 1 aliphatic rings. The number of nitrogens with zero attached hydrogens (tertiary/aromatic N) is 3. The van der Waals surface area contributed by atoms with E-state index in [0.717, 1.165) is 16.0 Å². The number of aryl methyl sites for hydroxylation is 1. The lowest BCUT2D eigenvalue weighted by Crippen LogP contribution is -2.41. The first-order chi connectivity index (χ1) is 18.7. The molecule has 3 aromatic heterocycles. The fourth-order valence-corrected chi connectivity index (χ4v) is 8.44. The van der Waals surface area contributed by atoms with Gasteiger partial charge in [-0.3, -0.25) is 19.8 Å². The van der Waals surface area contributed by atoms with E-state index in [4.69, 9.17) is 4.42 Å². The van der Waals surface area contributed by atoms with Gasteiger partial charge in [0, 0.05) is 34.6 Å². The zero-order valence-corrected chi connectivity index (χ0v) is 23.9. The Morgan fingerprint density at radius 1 is 1.12 bits per heavy atom. The molecule has 0 spiro atoms. The van der Waals surface area contributed by atoms with Crippen LogP contribution in [-0.2, 0) is 19.4 Å². The maximum Gasteiger partial charge on any atom is 0.272 e. The molecule has 40 heavy (non-hydrogen) atoms. The van der Waals surface area contributed by atoms with Gasteiger partial charge >= 0.3 is 0 Å². The van der Waals surface area contributed by atoms with Crippen LogP contribution in [0.25, 0.3) is 21.8 Å². The van der Waals surface area contributed by atoms with Crippen molar-refractivity contribution in [1.29, 1.82) is 0 Å². The van der Waals surface area contributed by atoms with E-state index < -0.39 is 26.9 Å². The Morgan fingerprint density at radius 3 is 2.55 bits per heavy atom. The first-order valence-electron chi connectivity index (χ1n) is 12.2. The number of sulfone groups is 1. The minimum Gasteiger partial charge on any atom is -0.444 e. The summed E-state index contributed by atoms with van der Waals surface area (Å²) in [6.45, 7) is 1.85. The lowest BCUT2D eigenvalue weighted by atomic mass is 9.97. The highest BCUT2D eigenvalue weighted by Gasteiger charge is 2.50. The third-order valence-corrected chi connectivity index (χ3v) is 11.0. The average Bonchev–Trinajstić information content (AvgIpc) is 3.63. The topological polar surface area (TPSA) is 143 Å². The van der Waals surface area contributed by atoms with Crippen LogP contribution in [0.4, 0.5) is 0 Å². The molecular formula is C27H27ClN4O6S2. The summed E-state index contributed by atoms with van der Waals surface area (Å²) in [6, 6.07) is 14.6. The number of hydrogen-bond acceptors (Lipinski definition) is 9. The first-order valence-corrected chi connectivity index (χ1v) is 14.7. The second-order valence-corrected chi connectivity index (χ2v) is 12.8. The standard InChI is InChI=1S/C27H26N4O6S2.ClH/c1-18-3-2-11-29-25(18)26(33)31-12-10-27(15-24(32)30-34,39(35,36)14-13-31)23-9-8-22(38-23)20-6-4-19(5-7-20)21-16-28-17-37-21;/h2-9,11,16-17,34H,10,12-15H2,1H3,(H,30,32);1H. The van der Waals surface area contributed by atoms with E-state index in [1.165, 1.54) is 28.8 Å². The Balaban J connectivity index is 0.00000370. The highest BCUT2D eigenvalue weighted by molar-refractivity contribution is 7.92. The normalized spacial score (nSPS) is 18.4. The van der Waals surface area contributed by atoms with E-state index in [9.17, 15) is 23.2 Å². The Labute approximate surface area is 241 Å². The van der Waals surface area contributed by atoms with E-state index >= 15 is 0 Å². The first kappa shape index (κ1) is 29.4. The van der Waals surface area contributed by atoms with Gasteiger partial charge in [-0.2, -0.15) is 0 Å². The van der Waals surface area contributed by atoms with Crippen molar-refractivity contribution in [1.82, 2.24) is 20.3 Å². The summed E-state index contributed by atoms with van der Waals surface area (Å²) >= 11 is 1.27. The van der Waals surface area contributed by atoms with Gasteiger partial charge < -0.3 is 9.32 Å². The Hall–Kier alpha value is -3.58. The smallest absolute Gasteiger partial charge is 0.272 e. The molecule has 4 aromatic rings. The maximum absolute atomic E-state index is 13.8. The van der Waals surface area contributed by atoms with Gasteiger partial charge in [-0.1, -0.05) is 30.3 Å². The third-order valence-electron chi connectivity index (χ3n) is 7.02. The van der Waals surface area contributed by atoms with Crippen LogP contribution in [0.1, 0.15) is 33.8 Å². The quantitative estimate of drug-likeness (QED) is 0.246. The zero-order chi connectivity index (χ0) is 27.6. The number of oxazole rings is 1. The molecular weight excluding hydrogens is 576 g/mol. The van der Waals surface area contributed by atoms with E-state index in [-0.39, 0.29) is 49.3 Å². The number of hydroxylamine groups is 1. The monoisotopic (exact) mass is 602 g/mol. The molecule has 0 bridgehead atoms. The fourth-order valence-electron chi connectivity index (χ4n) is 4.83. The summed E-state index contributed by atoms with van der Waals surface area (Å²) in [5, 5.41) is 9.30. The highest BCUT2D eigenvalue weighted by Crippen LogP contribution is 2.45. The van der Waals surface area contributed by atoms with Gasteiger partial charge in [0.05, 0.1) is 18.4 Å². The summed E-state index contributed by atoms with van der Waals surface area (Å²) in [4.78, 5) is 36.6. The minimum atomic E-state index is -3.94. The molecule has 0 saturated carbocycles. The zero-order valence-electron chi connectivity index (χ0n) is 21.4. The van der Waals surface area contributed by atoms with Crippen molar-refractivity contribution in [3.05, 3.63) is 83.5 Å². The van der Waals surface area contributed by atoms with Crippen molar-refractivity contribution in [3.63, 3.8) is 0 Å². The lowest BCUT2D eigenvalue weighted by Gasteiger charge is -2.30. The van der Waals surface area contributed by atoms with Crippen LogP contribution < -0.4 is 5.48 Å². The molecule has 1 fully saturated rings. The van der Waals surface area contributed by atoms with Crippen LogP contribution in [0, 0.1) is 6.92 Å². The summed E-state index contributed by atoms with van der Waals surface area (Å²) in [5.74, 6) is -0.871. The molecule has 10 nitrogen and oxygen atoms in total. The predicted octanol–water partition coefficient (Wildman–Crippen LogP) is 4.25. The number of amides is 2. The van der Waals surface area contributed by atoms with E-state index in [1.807, 2.05) is 30.3 Å². The number of aromatic nitrogens is 2. The van der Waals surface area contributed by atoms with Gasteiger partial charge in [-0.05, 0) is 42.7 Å². The van der Waals surface area contributed by atoms with Crippen molar-refractivity contribution >= 4 is 45.4 Å². The van der Waals surface area contributed by atoms with Crippen molar-refractivity contribution < 1.29 is 27.6 Å². The largest absolute Gasteiger partial charge is 0.444 e. The van der Waals surface area contributed by atoms with Gasteiger partial charge in [0.2, 0.25) is 5.91 Å². The summed E-state index contributed by atoms with van der Waals surface area (Å²) < 4.78 is 31.4. The molecule has 4 heterocycles. The molecule has 13 heteroatoms. The number of carbonyl (C=O) groups excluding carboxylic acids is 2. The van der Waals surface area contributed by atoms with Gasteiger partial charge in [0.25, 0.3) is 5.91 Å². The molecule has 5 rings (SSSR count). The van der Waals surface area contributed by atoms with Crippen molar-refractivity contribution in [2.24, 2.45) is 0 Å². The maximum atomic E-state index is 13.8. The van der Waals surface area contributed by atoms with Crippen LogP contribution in [-0.4, -0.2) is 59.1 Å². The van der Waals surface area contributed by atoms with Crippen LogP contribution in [0.15, 0.2) is 71.7 Å². The molecule has 1 aliphatic heterocycles. The Morgan fingerprint density at radius 2 is 1.88 bits per heavy atom. The van der Waals surface area contributed by atoms with E-state index in [1.54, 1.807) is 36.8 Å². The Bertz CT molecular complexity index is 1610. The number of benzene rings is 1. The number of rotatable bonds is 6. The summed E-state index contributed by atoms with van der Waals surface area (Å²) in [7, 11) is -3.94. The predicted molar refractivity (Wildman–Crippen MR) is 152 cm³/mol. The minimum absolute atomic E-state index is 0. The molecule has 1 aromatic carbocycles. The SMILES string of the molecule is Cc1cccnc1C(=O)N1CCC(CC(=O)NO)(c2ccc(-c3ccc(-c4cnco4)cc3)s2)S(=O)(=O)CC1.Cl. The number of hydrogen-bond donors (Lipinski definition) is 2. The molecule has 1 unspecified atom stereocenters. The number of thiophene rings is 1. The van der Waals surface area contributed by atoms with Gasteiger partial charge in [-0.15, -0.1) is 23.7 Å². The van der Waals surface area contributed by atoms with Gasteiger partial charge in [-0.25, -0.2) is 18.9 Å². The van der Waals surface area contributed by atoms with Crippen LogP contribution in [0.2, 0.25) is 0 Å². The van der Waals surface area contributed by atoms with Gasteiger partial charge in [0.15, 0.2) is 22.0 Å². The third kappa shape index (κ3) is 5.52. The molecule has 1 atom stereocenters. The molecule has 2 amide bonds. The highest BCUT2D eigenvalue weighted by atomic mass is 35.5. The fraction of sp³-hybridized carbons (Fsp3) is 0.259. The van der Waals surface area contributed by atoms with E-state index in [0.29, 0.717) is 16.2 Å². The summed E-state index contributed by atoms with van der Waals surface area (Å²) in [5.41, 5.74) is 4.26. The molecule has 1 saturated heterocycles. The molecule has 0 radical (unpaired) electrons. The summed E-state index contributed by atoms with van der Waals surface area (Å²) in [6.07, 6.45) is 4.02. The molecule has 210 valence electrons. The van der Waals surface area contributed by atoms with Crippen molar-refractivity contribution in [2.75, 3.05) is 18.8 Å². The van der Waals surface area contributed by atoms with Gasteiger partial charge in [0.1, 0.15) is 10.4 Å². The number of halogens is 1. The average molecular weight is 603 g/mol. The Kier molecular flexibility index (Phi) is 8.74. The molecule has 0 aliphatic carbocycles. The van der Waals surface area contributed by atoms with E-state index in [2.05, 4.69) is 9.97 Å². The van der Waals surface area contributed by atoms with Crippen LogP contribution in [0.5, 0.6) is 0 Å². The second kappa shape index (κ2) is 11.9. The lowest BCUT2D eigenvalue weighted by molar-refractivity contribution is -0.129. The van der Waals surface area contributed by atoms with Crippen LogP contribution in [0.3, 0.4) is 0 Å². The number of carbonyl (C=O) groups is 2. The number of nitrogens with one attached hydrogen (secondary N) is 1. The second-order valence-electron chi connectivity index (χ2n) is 9.34. The van der Waals surface area contributed by atoms with Crippen molar-refractivity contribution in [3.8, 4) is 21.8 Å². The van der Waals surface area contributed by atoms with Crippen molar-refractivity contribution in [2.45, 2.75) is 24.5 Å². The number of pyridine rings is 1.